The number of carbonyl (C=O) groups excluding carboxylic acids is 1. The van der Waals surface area contributed by atoms with Gasteiger partial charge in [-0.05, 0) is 45.6 Å². The van der Waals surface area contributed by atoms with Crippen LogP contribution in [0.15, 0.2) is 0 Å². The zero-order valence-corrected chi connectivity index (χ0v) is 11.2. The lowest BCUT2D eigenvalue weighted by atomic mass is 9.83. The van der Waals surface area contributed by atoms with Crippen LogP contribution in [0, 0.1) is 5.92 Å². The van der Waals surface area contributed by atoms with Crippen molar-refractivity contribution >= 4 is 5.91 Å². The lowest BCUT2D eigenvalue weighted by molar-refractivity contribution is -0.135. The largest absolute Gasteiger partial charge is 0.339 e. The van der Waals surface area contributed by atoms with E-state index in [-0.39, 0.29) is 6.04 Å². The van der Waals surface area contributed by atoms with E-state index in [1.165, 1.54) is 44.9 Å². The molecule has 0 bridgehead atoms. The van der Waals surface area contributed by atoms with Gasteiger partial charge in [0, 0.05) is 12.6 Å². The fraction of sp³-hybridized carbons (Fsp3) is 0.929. The van der Waals surface area contributed by atoms with Gasteiger partial charge in [-0.1, -0.05) is 19.3 Å². The van der Waals surface area contributed by atoms with Gasteiger partial charge in [-0.25, -0.2) is 0 Å². The van der Waals surface area contributed by atoms with Gasteiger partial charge in [-0.15, -0.1) is 0 Å². The lowest BCUT2D eigenvalue weighted by Gasteiger charge is -2.33. The van der Waals surface area contributed by atoms with Crippen LogP contribution in [0.3, 0.4) is 0 Å². The summed E-state index contributed by atoms with van der Waals surface area (Å²) in [5.74, 6) is 0.915. The summed E-state index contributed by atoms with van der Waals surface area (Å²) in [6, 6.07) is 0.512. The van der Waals surface area contributed by atoms with E-state index in [4.69, 9.17) is 0 Å². The number of rotatable bonds is 3. The van der Waals surface area contributed by atoms with Gasteiger partial charge in [0.15, 0.2) is 0 Å². The highest BCUT2D eigenvalue weighted by molar-refractivity contribution is 5.82. The van der Waals surface area contributed by atoms with Gasteiger partial charge >= 0.3 is 0 Å². The topological polar surface area (TPSA) is 32.3 Å². The molecule has 2 atom stereocenters. The first-order valence-corrected chi connectivity index (χ1v) is 7.21. The first-order valence-electron chi connectivity index (χ1n) is 7.21. The van der Waals surface area contributed by atoms with Crippen LogP contribution >= 0.6 is 0 Å². The third-order valence-corrected chi connectivity index (χ3v) is 4.53. The van der Waals surface area contributed by atoms with E-state index in [0.717, 1.165) is 6.54 Å². The van der Waals surface area contributed by atoms with Crippen molar-refractivity contribution in [2.75, 3.05) is 13.6 Å². The number of likely N-dealkylation sites (N-methyl/N-ethyl adjacent to an activating group) is 1. The smallest absolute Gasteiger partial charge is 0.240 e. The summed E-state index contributed by atoms with van der Waals surface area (Å²) in [6.07, 6.45) is 8.73. The number of nitrogens with one attached hydrogen (secondary N) is 1. The molecule has 1 aliphatic carbocycles. The zero-order valence-electron chi connectivity index (χ0n) is 11.2. The molecule has 1 saturated carbocycles. The minimum Gasteiger partial charge on any atom is -0.339 e. The van der Waals surface area contributed by atoms with Gasteiger partial charge in [0.25, 0.3) is 0 Å². The molecule has 2 fully saturated rings. The highest BCUT2D eigenvalue weighted by atomic mass is 16.2. The Hall–Kier alpha value is -0.570. The molecule has 1 heterocycles. The first-order chi connectivity index (χ1) is 8.24. The molecular weight excluding hydrogens is 212 g/mol. The van der Waals surface area contributed by atoms with Crippen molar-refractivity contribution < 1.29 is 4.79 Å². The minimum atomic E-state index is 0.0656. The van der Waals surface area contributed by atoms with Crippen LogP contribution in [0.5, 0.6) is 0 Å². The quantitative estimate of drug-likeness (QED) is 0.817. The predicted octanol–water partition coefficient (Wildman–Crippen LogP) is 2.17. The average molecular weight is 238 g/mol. The zero-order chi connectivity index (χ0) is 12.3. The maximum Gasteiger partial charge on any atom is 0.240 e. The Balaban J connectivity index is 1.98. The second-order valence-electron chi connectivity index (χ2n) is 5.69. The van der Waals surface area contributed by atoms with Crippen LogP contribution in [0.4, 0.5) is 0 Å². The van der Waals surface area contributed by atoms with Crippen molar-refractivity contribution in [1.29, 1.82) is 0 Å². The van der Waals surface area contributed by atoms with Crippen LogP contribution in [-0.2, 0) is 4.79 Å². The minimum absolute atomic E-state index is 0.0656. The van der Waals surface area contributed by atoms with E-state index in [1.807, 2.05) is 7.05 Å². The molecule has 2 aliphatic rings. The Morgan fingerprint density at radius 2 is 1.88 bits per heavy atom. The molecular formula is C14H26N2O. The van der Waals surface area contributed by atoms with Crippen molar-refractivity contribution in [3.05, 3.63) is 0 Å². The Labute approximate surface area is 105 Å². The number of hydrogen-bond donors (Lipinski definition) is 1. The summed E-state index contributed by atoms with van der Waals surface area (Å²) in [4.78, 5) is 14.6. The normalized spacial score (nSPS) is 28.4. The first kappa shape index (κ1) is 12.9. The summed E-state index contributed by atoms with van der Waals surface area (Å²) in [7, 11) is 1.94. The van der Waals surface area contributed by atoms with Gasteiger partial charge in [-0.2, -0.15) is 0 Å². The second kappa shape index (κ2) is 5.85. The highest BCUT2D eigenvalue weighted by Crippen LogP contribution is 2.28. The third-order valence-electron chi connectivity index (χ3n) is 4.53. The number of amides is 1. The van der Waals surface area contributed by atoms with E-state index >= 15 is 0 Å². The summed E-state index contributed by atoms with van der Waals surface area (Å²) >= 11 is 0. The number of hydrogen-bond acceptors (Lipinski definition) is 2. The molecule has 1 unspecified atom stereocenters. The fourth-order valence-corrected chi connectivity index (χ4v) is 3.47. The molecule has 1 amide bonds. The number of carbonyl (C=O) groups is 1. The van der Waals surface area contributed by atoms with E-state index in [1.54, 1.807) is 0 Å². The van der Waals surface area contributed by atoms with Crippen LogP contribution in [-0.4, -0.2) is 36.5 Å². The van der Waals surface area contributed by atoms with Gasteiger partial charge in [-0.3, -0.25) is 4.79 Å². The SMILES string of the molecule is CN[C@@H](C(=O)N1CCCC1C)C1CCCCC1. The molecule has 98 valence electrons. The lowest BCUT2D eigenvalue weighted by Crippen LogP contribution is -2.50. The molecule has 1 saturated heterocycles. The molecule has 2 rings (SSSR count). The number of likely N-dealkylation sites (tertiary alicyclic amines) is 1. The molecule has 17 heavy (non-hydrogen) atoms. The average Bonchev–Trinajstić information content (AvgIpc) is 2.77. The molecule has 3 heteroatoms. The van der Waals surface area contributed by atoms with E-state index < -0.39 is 0 Å². The molecule has 1 N–H and O–H groups in total. The third kappa shape index (κ3) is 2.82. The van der Waals surface area contributed by atoms with Gasteiger partial charge in [0.1, 0.15) is 0 Å². The number of nitrogens with zero attached hydrogens (tertiary/aromatic N) is 1. The molecule has 3 nitrogen and oxygen atoms in total. The maximum absolute atomic E-state index is 12.5. The van der Waals surface area contributed by atoms with Crippen molar-refractivity contribution in [2.24, 2.45) is 5.92 Å². The monoisotopic (exact) mass is 238 g/mol. The molecule has 1 aliphatic heterocycles. The van der Waals surface area contributed by atoms with Crippen molar-refractivity contribution in [2.45, 2.75) is 64.0 Å². The van der Waals surface area contributed by atoms with E-state index in [0.29, 0.717) is 17.9 Å². The van der Waals surface area contributed by atoms with Crippen LogP contribution in [0.2, 0.25) is 0 Å². The summed E-state index contributed by atoms with van der Waals surface area (Å²) in [5.41, 5.74) is 0. The van der Waals surface area contributed by atoms with Gasteiger partial charge < -0.3 is 10.2 Å². The molecule has 0 spiro atoms. The van der Waals surface area contributed by atoms with E-state index in [2.05, 4.69) is 17.1 Å². The van der Waals surface area contributed by atoms with Crippen molar-refractivity contribution in [3.8, 4) is 0 Å². The van der Waals surface area contributed by atoms with Gasteiger partial charge in [0.05, 0.1) is 6.04 Å². The van der Waals surface area contributed by atoms with E-state index in [9.17, 15) is 4.79 Å². The highest BCUT2D eigenvalue weighted by Gasteiger charge is 2.34. The summed E-state index contributed by atoms with van der Waals surface area (Å²) in [5, 5.41) is 3.28. The second-order valence-corrected chi connectivity index (χ2v) is 5.69. The van der Waals surface area contributed by atoms with Crippen molar-refractivity contribution in [1.82, 2.24) is 10.2 Å². The Morgan fingerprint density at radius 1 is 1.18 bits per heavy atom. The standard InChI is InChI=1S/C14H26N2O/c1-11-7-6-10-16(11)14(17)13(15-2)12-8-4-3-5-9-12/h11-13,15H,3-10H2,1-2H3/t11?,13-/m1/s1. The van der Waals surface area contributed by atoms with Gasteiger partial charge in [0.2, 0.25) is 5.91 Å². The molecule has 0 aromatic carbocycles. The fourth-order valence-electron chi connectivity index (χ4n) is 3.47. The predicted molar refractivity (Wildman–Crippen MR) is 69.8 cm³/mol. The maximum atomic E-state index is 12.5. The Morgan fingerprint density at radius 3 is 2.41 bits per heavy atom. The van der Waals surface area contributed by atoms with Crippen LogP contribution < -0.4 is 5.32 Å². The molecule has 0 aromatic heterocycles. The van der Waals surface area contributed by atoms with Crippen LogP contribution in [0.1, 0.15) is 51.9 Å². The Bertz CT molecular complexity index is 261. The van der Waals surface area contributed by atoms with Crippen molar-refractivity contribution in [3.63, 3.8) is 0 Å². The molecule has 0 aromatic rings. The molecule has 0 radical (unpaired) electrons. The van der Waals surface area contributed by atoms with Crippen LogP contribution in [0.25, 0.3) is 0 Å². The summed E-state index contributed by atoms with van der Waals surface area (Å²) in [6.45, 7) is 3.14. The summed E-state index contributed by atoms with van der Waals surface area (Å²) < 4.78 is 0. The Kier molecular flexibility index (Phi) is 4.43.